The van der Waals surface area contributed by atoms with Crippen LogP contribution in [0.2, 0.25) is 0 Å². The van der Waals surface area contributed by atoms with E-state index in [1.165, 1.54) is 16.7 Å². The number of aromatic nitrogens is 1. The Morgan fingerprint density at radius 1 is 1.11 bits per heavy atom. The van der Waals surface area contributed by atoms with E-state index < -0.39 is 41.5 Å². The fourth-order valence-corrected chi connectivity index (χ4v) is 4.37. The Labute approximate surface area is 220 Å². The number of aliphatic hydroxyl groups excluding tert-OH is 1. The number of amides is 2. The summed E-state index contributed by atoms with van der Waals surface area (Å²) in [5, 5.41) is 15.1. The summed E-state index contributed by atoms with van der Waals surface area (Å²) in [6.07, 6.45) is -1.35. The Hall–Kier alpha value is -3.98. The maximum Gasteiger partial charge on any atom is 0.419 e. The summed E-state index contributed by atoms with van der Waals surface area (Å²) in [4.78, 5) is 38.2. The second-order valence-electron chi connectivity index (χ2n) is 10.4. The van der Waals surface area contributed by atoms with Crippen molar-refractivity contribution in [1.82, 2.24) is 15.2 Å². The second-order valence-corrected chi connectivity index (χ2v) is 10.4. The first-order chi connectivity index (χ1) is 17.9. The van der Waals surface area contributed by atoms with Crippen LogP contribution in [0.4, 0.5) is 9.18 Å². The van der Waals surface area contributed by atoms with Gasteiger partial charge in [0.15, 0.2) is 0 Å². The van der Waals surface area contributed by atoms with Crippen LogP contribution < -0.4 is 10.6 Å². The first-order valence-corrected chi connectivity index (χ1v) is 12.5. The van der Waals surface area contributed by atoms with Crippen LogP contribution in [0.5, 0.6) is 0 Å². The molecule has 2 aromatic carbocycles. The molecule has 2 amide bonds. The van der Waals surface area contributed by atoms with Gasteiger partial charge in [0, 0.05) is 13.0 Å². The summed E-state index contributed by atoms with van der Waals surface area (Å²) in [5.41, 5.74) is 3.38. The molecule has 9 heteroatoms. The Bertz CT molecular complexity index is 1340. The van der Waals surface area contributed by atoms with Crippen LogP contribution in [0.15, 0.2) is 54.6 Å². The Balaban J connectivity index is 1.77. The smallest absolute Gasteiger partial charge is 0.419 e. The van der Waals surface area contributed by atoms with E-state index in [1.807, 2.05) is 31.2 Å². The molecular formula is C29H32FN3O5. The quantitative estimate of drug-likeness (QED) is 0.455. The van der Waals surface area contributed by atoms with Gasteiger partial charge in [-0.05, 0) is 81.1 Å². The number of carbonyl (C=O) groups excluding carboxylic acids is 3. The van der Waals surface area contributed by atoms with E-state index in [0.717, 1.165) is 11.1 Å². The number of nitrogens with zero attached hydrogens (tertiary/aromatic N) is 1. The zero-order valence-corrected chi connectivity index (χ0v) is 21.9. The van der Waals surface area contributed by atoms with Gasteiger partial charge in [-0.15, -0.1) is 0 Å². The molecule has 2 heterocycles. The molecule has 0 saturated carbocycles. The average molecular weight is 522 g/mol. The lowest BCUT2D eigenvalue weighted by Gasteiger charge is -2.22. The van der Waals surface area contributed by atoms with Crippen LogP contribution in [-0.4, -0.2) is 51.9 Å². The van der Waals surface area contributed by atoms with E-state index in [-0.39, 0.29) is 19.4 Å². The molecular weight excluding hydrogens is 489 g/mol. The van der Waals surface area contributed by atoms with Crippen LogP contribution in [-0.2, 0) is 20.7 Å². The molecule has 1 aromatic heterocycles. The highest BCUT2D eigenvalue weighted by atomic mass is 19.1. The molecule has 0 aliphatic carbocycles. The summed E-state index contributed by atoms with van der Waals surface area (Å²) in [7, 11) is 0. The number of nitrogens with one attached hydrogen (secondary N) is 2. The monoisotopic (exact) mass is 521 g/mol. The number of carbonyl (C=O) groups is 3. The third-order valence-corrected chi connectivity index (χ3v) is 6.21. The second kappa shape index (κ2) is 10.8. The number of halogens is 1. The number of hydrogen-bond acceptors (Lipinski definition) is 5. The molecule has 8 nitrogen and oxygen atoms in total. The predicted molar refractivity (Wildman–Crippen MR) is 141 cm³/mol. The van der Waals surface area contributed by atoms with E-state index in [0.29, 0.717) is 22.5 Å². The number of rotatable bonds is 6. The highest BCUT2D eigenvalue weighted by Gasteiger charge is 2.34. The van der Waals surface area contributed by atoms with Crippen LogP contribution in [0.1, 0.15) is 38.3 Å². The van der Waals surface area contributed by atoms with Crippen molar-refractivity contribution in [3.8, 4) is 22.5 Å². The fourth-order valence-electron chi connectivity index (χ4n) is 4.37. The van der Waals surface area contributed by atoms with Crippen molar-refractivity contribution in [3.05, 3.63) is 71.5 Å². The van der Waals surface area contributed by atoms with Crippen LogP contribution in [0.25, 0.3) is 22.5 Å². The summed E-state index contributed by atoms with van der Waals surface area (Å²) in [5.74, 6) is -1.24. The first kappa shape index (κ1) is 27.1. The molecule has 1 aliphatic heterocycles. The molecule has 3 N–H and O–H groups in total. The first-order valence-electron chi connectivity index (χ1n) is 12.5. The van der Waals surface area contributed by atoms with Gasteiger partial charge in [-0.1, -0.05) is 29.8 Å². The van der Waals surface area contributed by atoms with E-state index in [2.05, 4.69) is 10.6 Å². The van der Waals surface area contributed by atoms with E-state index in [4.69, 9.17) is 4.74 Å². The lowest BCUT2D eigenvalue weighted by molar-refractivity contribution is -0.128. The van der Waals surface area contributed by atoms with Gasteiger partial charge < -0.3 is 20.5 Å². The number of aliphatic hydroxyl groups is 1. The molecule has 2 atom stereocenters. The van der Waals surface area contributed by atoms with Crippen molar-refractivity contribution in [3.63, 3.8) is 0 Å². The number of β-amino-alcohol motifs (C(OH)–C–C–N with tert-alkyl or cyclic N) is 1. The van der Waals surface area contributed by atoms with Crippen LogP contribution >= 0.6 is 0 Å². The molecule has 0 radical (unpaired) electrons. The van der Waals surface area contributed by atoms with Gasteiger partial charge in [-0.2, -0.15) is 0 Å². The highest BCUT2D eigenvalue weighted by molar-refractivity contribution is 5.91. The molecule has 1 saturated heterocycles. The molecule has 200 valence electrons. The SMILES string of the molecule is Cc1ccc(-c2c(CCC(=O)N[C@@H]3C(=O)NC[C@H]3O)cc(-c3ccc(F)cc3)n2C(=O)OC(C)(C)C)cc1. The van der Waals surface area contributed by atoms with E-state index in [9.17, 15) is 23.9 Å². The Morgan fingerprint density at radius 3 is 2.32 bits per heavy atom. The maximum absolute atomic E-state index is 13.7. The van der Waals surface area contributed by atoms with Gasteiger partial charge >= 0.3 is 6.09 Å². The summed E-state index contributed by atoms with van der Waals surface area (Å²) in [6, 6.07) is 14.2. The molecule has 38 heavy (non-hydrogen) atoms. The lowest BCUT2D eigenvalue weighted by atomic mass is 10.0. The molecule has 1 fully saturated rings. The molecule has 0 spiro atoms. The van der Waals surface area contributed by atoms with Gasteiger partial charge in [0.25, 0.3) is 0 Å². The van der Waals surface area contributed by atoms with Crippen molar-refractivity contribution < 1.29 is 28.6 Å². The van der Waals surface area contributed by atoms with Crippen LogP contribution in [0.3, 0.4) is 0 Å². The standard InChI is InChI=1S/C29H32FN3O5/c1-17-5-7-19(8-6-17)26-20(11-14-24(35)32-25-23(34)16-31-27(25)36)15-22(18-9-12-21(30)13-10-18)33(26)28(37)38-29(2,3)4/h5-10,12-13,15,23,25,34H,11,14,16H2,1-4H3,(H,31,36)(H,32,35)/t23-,25+/m1/s1. The normalized spacial score (nSPS) is 17.3. The van der Waals surface area contributed by atoms with Crippen molar-refractivity contribution in [2.24, 2.45) is 0 Å². The minimum atomic E-state index is -1.000. The Kier molecular flexibility index (Phi) is 7.68. The summed E-state index contributed by atoms with van der Waals surface area (Å²) in [6.45, 7) is 7.36. The summed E-state index contributed by atoms with van der Waals surface area (Å²) < 4.78 is 20.9. The summed E-state index contributed by atoms with van der Waals surface area (Å²) >= 11 is 0. The zero-order valence-electron chi connectivity index (χ0n) is 21.9. The molecule has 0 bridgehead atoms. The van der Waals surface area contributed by atoms with Crippen LogP contribution in [0, 0.1) is 12.7 Å². The topological polar surface area (TPSA) is 110 Å². The molecule has 4 rings (SSSR count). The third kappa shape index (κ3) is 6.11. The largest absolute Gasteiger partial charge is 0.443 e. The van der Waals surface area contributed by atoms with Gasteiger partial charge in [-0.3, -0.25) is 9.59 Å². The molecule has 3 aromatic rings. The Morgan fingerprint density at radius 2 is 1.74 bits per heavy atom. The average Bonchev–Trinajstić information content (AvgIpc) is 3.38. The number of aryl methyl sites for hydroxylation is 2. The number of benzene rings is 2. The lowest BCUT2D eigenvalue weighted by Crippen LogP contribution is -2.45. The number of hydrogen-bond donors (Lipinski definition) is 3. The minimum Gasteiger partial charge on any atom is -0.443 e. The number of ether oxygens (including phenoxy) is 1. The maximum atomic E-state index is 13.7. The fraction of sp³-hybridized carbons (Fsp3) is 0.345. The molecule has 0 unspecified atom stereocenters. The van der Waals surface area contributed by atoms with E-state index in [1.54, 1.807) is 39.0 Å². The zero-order chi connectivity index (χ0) is 27.6. The predicted octanol–water partition coefficient (Wildman–Crippen LogP) is 3.96. The van der Waals surface area contributed by atoms with Crippen molar-refractivity contribution in [2.45, 2.75) is 58.3 Å². The van der Waals surface area contributed by atoms with Crippen molar-refractivity contribution in [2.75, 3.05) is 6.54 Å². The third-order valence-electron chi connectivity index (χ3n) is 6.21. The highest BCUT2D eigenvalue weighted by Crippen LogP contribution is 2.35. The minimum absolute atomic E-state index is 0.0105. The molecule has 1 aliphatic rings. The van der Waals surface area contributed by atoms with Crippen molar-refractivity contribution >= 4 is 17.9 Å². The van der Waals surface area contributed by atoms with Gasteiger partial charge in [0.2, 0.25) is 11.8 Å². The van der Waals surface area contributed by atoms with Crippen molar-refractivity contribution in [1.29, 1.82) is 0 Å². The van der Waals surface area contributed by atoms with E-state index >= 15 is 0 Å². The van der Waals surface area contributed by atoms with Gasteiger partial charge in [-0.25, -0.2) is 13.8 Å². The van der Waals surface area contributed by atoms with Gasteiger partial charge in [0.05, 0.1) is 11.4 Å². The van der Waals surface area contributed by atoms with Gasteiger partial charge in [0.1, 0.15) is 23.6 Å².